The number of anilines is 1. The van der Waals surface area contributed by atoms with Gasteiger partial charge in [-0.05, 0) is 24.3 Å². The molecule has 1 aliphatic heterocycles. The molecule has 3 rings (SSSR count). The molecule has 0 spiro atoms. The van der Waals surface area contributed by atoms with E-state index in [0.717, 1.165) is 5.69 Å². The minimum absolute atomic E-state index is 0.0113. The molecule has 0 saturated carbocycles. The van der Waals surface area contributed by atoms with E-state index in [-0.39, 0.29) is 29.7 Å². The van der Waals surface area contributed by atoms with E-state index in [4.69, 9.17) is 9.47 Å². The molecule has 1 atom stereocenters. The van der Waals surface area contributed by atoms with Crippen molar-refractivity contribution in [2.24, 2.45) is 0 Å². The Balaban J connectivity index is 1.97. The molecule has 1 unspecified atom stereocenters. The second kappa shape index (κ2) is 6.76. The smallest absolute Gasteiger partial charge is 0.308 e. The zero-order chi connectivity index (χ0) is 18.0. The largest absolute Gasteiger partial charge is 0.427 e. The summed E-state index contributed by atoms with van der Waals surface area (Å²) in [6.07, 6.45) is 0.234. The first-order valence-corrected chi connectivity index (χ1v) is 7.83. The summed E-state index contributed by atoms with van der Waals surface area (Å²) >= 11 is 0. The predicted octanol–water partition coefficient (Wildman–Crippen LogP) is 3.28. The summed E-state index contributed by atoms with van der Waals surface area (Å²) in [7, 11) is 0. The molecule has 0 fully saturated rings. The van der Waals surface area contributed by atoms with Gasteiger partial charge in [-0.3, -0.25) is 14.4 Å². The number of Topliss-reactive ketones (excluding diaryl/α,β-unsaturated/α-hetero) is 1. The lowest BCUT2D eigenvalue weighted by Gasteiger charge is -2.27. The minimum Gasteiger partial charge on any atom is -0.427 e. The quantitative estimate of drug-likeness (QED) is 0.683. The van der Waals surface area contributed by atoms with Crippen molar-refractivity contribution in [3.8, 4) is 11.5 Å². The highest BCUT2D eigenvalue weighted by Gasteiger charge is 2.28. The van der Waals surface area contributed by atoms with E-state index < -0.39 is 11.9 Å². The van der Waals surface area contributed by atoms with Gasteiger partial charge < -0.3 is 14.8 Å². The number of para-hydroxylation sites is 1. The molecular weight excluding hydrogens is 322 g/mol. The Labute approximate surface area is 144 Å². The maximum Gasteiger partial charge on any atom is 0.308 e. The Hall–Kier alpha value is -3.15. The van der Waals surface area contributed by atoms with Gasteiger partial charge in [0.15, 0.2) is 5.78 Å². The zero-order valence-electron chi connectivity index (χ0n) is 13.9. The van der Waals surface area contributed by atoms with Gasteiger partial charge in [-0.1, -0.05) is 12.1 Å². The molecule has 0 bridgehead atoms. The molecule has 2 aromatic rings. The highest BCUT2D eigenvalue weighted by Crippen LogP contribution is 2.38. The van der Waals surface area contributed by atoms with Gasteiger partial charge >= 0.3 is 11.9 Å². The number of esters is 2. The molecule has 6 nitrogen and oxygen atoms in total. The Morgan fingerprint density at radius 1 is 1.04 bits per heavy atom. The fourth-order valence-corrected chi connectivity index (χ4v) is 2.85. The van der Waals surface area contributed by atoms with Crippen LogP contribution in [-0.4, -0.2) is 17.7 Å². The average molecular weight is 339 g/mol. The van der Waals surface area contributed by atoms with Crippen molar-refractivity contribution >= 4 is 23.4 Å². The van der Waals surface area contributed by atoms with Crippen molar-refractivity contribution < 1.29 is 23.9 Å². The number of fused-ring (bicyclic) bond motifs is 1. The first-order valence-electron chi connectivity index (χ1n) is 7.83. The number of hydrogen-bond acceptors (Lipinski definition) is 6. The maximum atomic E-state index is 12.4. The molecule has 1 N–H and O–H groups in total. The molecule has 128 valence electrons. The molecule has 0 radical (unpaired) electrons. The summed E-state index contributed by atoms with van der Waals surface area (Å²) in [6.45, 7) is 2.58. The van der Waals surface area contributed by atoms with Crippen LogP contribution in [0, 0.1) is 0 Å². The molecule has 25 heavy (non-hydrogen) atoms. The van der Waals surface area contributed by atoms with E-state index in [2.05, 4.69) is 5.32 Å². The van der Waals surface area contributed by atoms with Gasteiger partial charge in [0, 0.05) is 43.1 Å². The summed E-state index contributed by atoms with van der Waals surface area (Å²) in [5, 5.41) is 3.30. The van der Waals surface area contributed by atoms with Gasteiger partial charge in [0.25, 0.3) is 0 Å². The van der Waals surface area contributed by atoms with Crippen LogP contribution in [-0.2, 0) is 9.59 Å². The number of carbonyl (C=O) groups is 3. The third kappa shape index (κ3) is 3.68. The Kier molecular flexibility index (Phi) is 4.52. The zero-order valence-corrected chi connectivity index (χ0v) is 13.9. The molecular formula is C19H17NO5. The average Bonchev–Trinajstić information content (AvgIpc) is 2.54. The van der Waals surface area contributed by atoms with Crippen molar-refractivity contribution in [3.63, 3.8) is 0 Å². The van der Waals surface area contributed by atoms with Crippen LogP contribution < -0.4 is 14.8 Å². The Bertz CT molecular complexity index is 859. The summed E-state index contributed by atoms with van der Waals surface area (Å²) < 4.78 is 10.3. The highest BCUT2D eigenvalue weighted by molar-refractivity contribution is 6.03. The van der Waals surface area contributed by atoms with Crippen molar-refractivity contribution in [2.75, 3.05) is 5.32 Å². The van der Waals surface area contributed by atoms with Gasteiger partial charge in [0.2, 0.25) is 0 Å². The minimum atomic E-state index is -0.497. The number of nitrogens with one attached hydrogen (secondary N) is 1. The number of benzene rings is 2. The van der Waals surface area contributed by atoms with Crippen LogP contribution >= 0.6 is 0 Å². The summed E-state index contributed by atoms with van der Waals surface area (Å²) in [5.41, 5.74) is 2.03. The third-order valence-corrected chi connectivity index (χ3v) is 3.82. The van der Waals surface area contributed by atoms with Crippen molar-refractivity contribution in [1.29, 1.82) is 0 Å². The molecule has 1 aliphatic rings. The van der Waals surface area contributed by atoms with Crippen LogP contribution in [0.25, 0.3) is 0 Å². The maximum absolute atomic E-state index is 12.4. The van der Waals surface area contributed by atoms with E-state index >= 15 is 0 Å². The van der Waals surface area contributed by atoms with Crippen LogP contribution in [0.1, 0.15) is 42.2 Å². The third-order valence-electron chi connectivity index (χ3n) is 3.82. The Morgan fingerprint density at radius 3 is 2.48 bits per heavy atom. The van der Waals surface area contributed by atoms with Gasteiger partial charge in [-0.25, -0.2) is 0 Å². The SMILES string of the molecule is CC(=O)Oc1ccc(C2CC(=O)c3ccccc3N2)c(OC(C)=O)c1. The number of ketones is 1. The van der Waals surface area contributed by atoms with E-state index in [0.29, 0.717) is 11.1 Å². The number of carbonyl (C=O) groups excluding carboxylic acids is 3. The second-order valence-electron chi connectivity index (χ2n) is 5.76. The second-order valence-corrected chi connectivity index (χ2v) is 5.76. The number of rotatable bonds is 3. The van der Waals surface area contributed by atoms with Crippen molar-refractivity contribution in [3.05, 3.63) is 53.6 Å². The van der Waals surface area contributed by atoms with Crippen LogP contribution in [0.4, 0.5) is 5.69 Å². The summed E-state index contributed by atoms with van der Waals surface area (Å²) in [4.78, 5) is 35.0. The summed E-state index contributed by atoms with van der Waals surface area (Å²) in [6, 6.07) is 11.7. The number of hydrogen-bond donors (Lipinski definition) is 1. The molecule has 1 heterocycles. The molecule has 0 aromatic heterocycles. The molecule has 0 amide bonds. The molecule has 0 aliphatic carbocycles. The standard InChI is InChI=1S/C19H17NO5/c1-11(21)24-13-7-8-15(19(9-13)25-12(2)22)17-10-18(23)14-5-3-4-6-16(14)20-17/h3-9,17,20H,10H2,1-2H3. The molecule has 6 heteroatoms. The van der Waals surface area contributed by atoms with E-state index in [9.17, 15) is 14.4 Å². The lowest BCUT2D eigenvalue weighted by Crippen LogP contribution is -2.23. The predicted molar refractivity (Wildman–Crippen MR) is 90.8 cm³/mol. The van der Waals surface area contributed by atoms with Crippen molar-refractivity contribution in [1.82, 2.24) is 0 Å². The molecule has 0 saturated heterocycles. The highest BCUT2D eigenvalue weighted by atomic mass is 16.5. The lowest BCUT2D eigenvalue weighted by molar-refractivity contribution is -0.132. The monoisotopic (exact) mass is 339 g/mol. The van der Waals surface area contributed by atoms with E-state index in [1.807, 2.05) is 18.2 Å². The van der Waals surface area contributed by atoms with Crippen LogP contribution in [0.3, 0.4) is 0 Å². The van der Waals surface area contributed by atoms with Gasteiger partial charge in [-0.15, -0.1) is 0 Å². The topological polar surface area (TPSA) is 81.7 Å². The van der Waals surface area contributed by atoms with Crippen LogP contribution in [0.15, 0.2) is 42.5 Å². The van der Waals surface area contributed by atoms with Crippen molar-refractivity contribution in [2.45, 2.75) is 26.3 Å². The summed E-state index contributed by atoms with van der Waals surface area (Å²) in [5.74, 6) is -0.423. The fraction of sp³-hybridized carbons (Fsp3) is 0.211. The lowest BCUT2D eigenvalue weighted by atomic mass is 9.92. The first-order chi connectivity index (χ1) is 11.9. The van der Waals surface area contributed by atoms with Gasteiger partial charge in [0.05, 0.1) is 6.04 Å². The normalized spacial score (nSPS) is 15.8. The van der Waals surface area contributed by atoms with Gasteiger partial charge in [0.1, 0.15) is 11.5 Å². The van der Waals surface area contributed by atoms with Gasteiger partial charge in [-0.2, -0.15) is 0 Å². The van der Waals surface area contributed by atoms with Crippen LogP contribution in [0.5, 0.6) is 11.5 Å². The first kappa shape index (κ1) is 16.7. The van der Waals surface area contributed by atoms with E-state index in [1.54, 1.807) is 18.2 Å². The number of ether oxygens (including phenoxy) is 2. The molecule has 2 aromatic carbocycles. The fourth-order valence-electron chi connectivity index (χ4n) is 2.85. The Morgan fingerprint density at radius 2 is 1.76 bits per heavy atom. The van der Waals surface area contributed by atoms with E-state index in [1.165, 1.54) is 19.9 Å². The van der Waals surface area contributed by atoms with Crippen LogP contribution in [0.2, 0.25) is 0 Å².